The number of halogens is 6. The number of aromatic nitrogens is 4. The molecule has 0 saturated carbocycles. The number of hydrogen-bond donors (Lipinski definition) is 6. The molecule has 0 spiro atoms. The Hall–Kier alpha value is -10.6. The molecule has 8 rings (SSSR count). The SMILES string of the molecule is Cc1c(C2=CCN(C)N2c2ccc(C#N)cc2)cc(C(=O)NCCOCCOCCNC(=O)NCCCCNC(=O)NCCOCCOCCNC(=O)c2cc(-c3ccnn3-c3ccc(C#N)cc3)c(C)n(-c3cccc(C(F)(F)F)c3)c2=O)c(=O)n1-c1cccc(C(F)(F)F)c1. The van der Waals surface area contributed by atoms with Gasteiger partial charge in [0, 0.05) is 86.8 Å². The molecule has 4 aromatic carbocycles. The third-order valence-corrected chi connectivity index (χ3v) is 15.1. The number of nitriles is 2. The second-order valence-corrected chi connectivity index (χ2v) is 21.7. The molecule has 0 unspecified atom stereocenters. The Balaban J connectivity index is 0.663. The van der Waals surface area contributed by atoms with Crippen LogP contribution in [0.25, 0.3) is 34.0 Å². The Bertz CT molecular complexity index is 4160. The van der Waals surface area contributed by atoms with Gasteiger partial charge in [-0.2, -0.15) is 42.0 Å². The summed E-state index contributed by atoms with van der Waals surface area (Å²) in [5, 5.41) is 42.8. The first kappa shape index (κ1) is 72.2. The predicted molar refractivity (Wildman–Crippen MR) is 345 cm³/mol. The van der Waals surface area contributed by atoms with E-state index in [0.717, 1.165) is 33.4 Å². The molecule has 97 heavy (non-hydrogen) atoms. The summed E-state index contributed by atoms with van der Waals surface area (Å²) in [5.74, 6) is -1.57. The van der Waals surface area contributed by atoms with Crippen LogP contribution in [0.4, 0.5) is 41.6 Å². The largest absolute Gasteiger partial charge is 0.416 e. The minimum atomic E-state index is -4.71. The maximum absolute atomic E-state index is 14.1. The standard InChI is InChI=1S/C67H70F6N14O10/c1-44-54(58-20-24-82-86(58)50-16-12-46(42-74)13-17-50)40-56(62(90)84(44)52-10-6-8-48(38-52)66(68,69)70)60(88)76-25-30-94-34-36-96-32-27-80-64(92)78-22-4-5-23-79-65(93)81-28-33-97-37-35-95-31-26-77-61(89)57-41-55(59-21-29-83(3)87(59)51-18-14-47(43-75)15-19-51)45(2)85(63(57)91)53-11-7-9-49(39-53)67(71,72)73/h6-21,24,38-41H,4-5,22-23,25-37H2,1-3H3,(H,76,88)(H,77,89)(H2,78,80,92)(H2,79,81,93). The van der Waals surface area contributed by atoms with Gasteiger partial charge < -0.3 is 50.8 Å². The zero-order chi connectivity index (χ0) is 69.7. The van der Waals surface area contributed by atoms with Gasteiger partial charge >= 0.3 is 24.4 Å². The molecule has 0 fully saturated rings. The zero-order valence-electron chi connectivity index (χ0n) is 53.1. The molecule has 0 saturated heterocycles. The number of alkyl halides is 6. The number of ether oxygens (including phenoxy) is 4. The molecular weight excluding hydrogens is 1270 g/mol. The van der Waals surface area contributed by atoms with E-state index in [-0.39, 0.29) is 113 Å². The number of rotatable bonds is 31. The van der Waals surface area contributed by atoms with Crippen molar-refractivity contribution in [1.29, 1.82) is 10.5 Å². The molecular formula is C67H70F6N14O10. The molecule has 24 nitrogen and oxygen atoms in total. The van der Waals surface area contributed by atoms with Gasteiger partial charge in [0.1, 0.15) is 11.1 Å². The lowest BCUT2D eigenvalue weighted by atomic mass is 10.0. The van der Waals surface area contributed by atoms with E-state index in [1.807, 2.05) is 29.2 Å². The fraction of sp³-hybridized carbons (Fsp3) is 0.328. The van der Waals surface area contributed by atoms with E-state index >= 15 is 0 Å². The van der Waals surface area contributed by atoms with Crippen molar-refractivity contribution in [3.05, 3.63) is 199 Å². The number of amides is 6. The quantitative estimate of drug-likeness (QED) is 0.0181. The van der Waals surface area contributed by atoms with E-state index in [1.165, 1.54) is 47.3 Å². The van der Waals surface area contributed by atoms with Crippen LogP contribution in [-0.2, 0) is 31.3 Å². The molecule has 30 heteroatoms. The summed E-state index contributed by atoms with van der Waals surface area (Å²) in [4.78, 5) is 79.9. The van der Waals surface area contributed by atoms with Crippen LogP contribution in [0.3, 0.4) is 0 Å². The molecule has 0 aliphatic carbocycles. The fourth-order valence-electron chi connectivity index (χ4n) is 10.3. The molecule has 6 N–H and O–H groups in total. The highest BCUT2D eigenvalue weighted by Crippen LogP contribution is 2.36. The van der Waals surface area contributed by atoms with E-state index in [9.17, 15) is 65.6 Å². The average Bonchev–Trinajstić information content (AvgIpc) is 1.74. The third kappa shape index (κ3) is 19.3. The van der Waals surface area contributed by atoms with Gasteiger partial charge in [-0.1, -0.05) is 12.1 Å². The summed E-state index contributed by atoms with van der Waals surface area (Å²) in [6.45, 7) is 5.51. The molecule has 1 aliphatic rings. The van der Waals surface area contributed by atoms with Gasteiger partial charge in [0.2, 0.25) is 0 Å². The third-order valence-electron chi connectivity index (χ3n) is 15.1. The van der Waals surface area contributed by atoms with Crippen molar-refractivity contribution in [1.82, 2.24) is 55.8 Å². The Morgan fingerprint density at radius 2 is 0.928 bits per heavy atom. The molecule has 0 bridgehead atoms. The minimum absolute atomic E-state index is 0.0196. The number of likely N-dealkylation sites (N-methyl/N-ethyl adjacent to an activating group) is 1. The van der Waals surface area contributed by atoms with Crippen molar-refractivity contribution in [3.8, 4) is 40.5 Å². The Kier molecular flexibility index (Phi) is 25.4. The van der Waals surface area contributed by atoms with E-state index in [2.05, 4.69) is 43.1 Å². The second kappa shape index (κ2) is 34.2. The van der Waals surface area contributed by atoms with Crippen LogP contribution in [0, 0.1) is 36.5 Å². The molecule has 7 aromatic rings. The summed E-state index contributed by atoms with van der Waals surface area (Å²) >= 11 is 0. The molecule has 6 amide bonds. The number of hydrogen-bond acceptors (Lipinski definition) is 15. The van der Waals surface area contributed by atoms with Crippen LogP contribution in [0.2, 0.25) is 0 Å². The van der Waals surface area contributed by atoms with Crippen molar-refractivity contribution >= 4 is 35.3 Å². The van der Waals surface area contributed by atoms with Gasteiger partial charge in [-0.3, -0.25) is 33.3 Å². The maximum atomic E-state index is 14.1. The van der Waals surface area contributed by atoms with Gasteiger partial charge in [-0.15, -0.1) is 0 Å². The molecule has 4 heterocycles. The number of anilines is 1. The topological polar surface area (TPSA) is 293 Å². The number of unbranched alkanes of at least 4 members (excludes halogenated alkanes) is 1. The van der Waals surface area contributed by atoms with Crippen LogP contribution in [0.5, 0.6) is 0 Å². The highest BCUT2D eigenvalue weighted by atomic mass is 19.4. The predicted octanol–water partition coefficient (Wildman–Crippen LogP) is 7.55. The number of nitrogens with zero attached hydrogens (tertiary/aromatic N) is 8. The minimum Gasteiger partial charge on any atom is -0.377 e. The second-order valence-electron chi connectivity index (χ2n) is 21.7. The van der Waals surface area contributed by atoms with Crippen LogP contribution in [0.15, 0.2) is 137 Å². The van der Waals surface area contributed by atoms with Crippen molar-refractivity contribution in [2.24, 2.45) is 0 Å². The van der Waals surface area contributed by atoms with E-state index < -0.39 is 58.5 Å². The molecule has 0 atom stereocenters. The summed E-state index contributed by atoms with van der Waals surface area (Å²) in [6, 6.07) is 29.4. The zero-order valence-corrected chi connectivity index (χ0v) is 53.1. The first-order valence-corrected chi connectivity index (χ1v) is 30.7. The first-order chi connectivity index (χ1) is 46.6. The van der Waals surface area contributed by atoms with E-state index in [0.29, 0.717) is 77.5 Å². The summed E-state index contributed by atoms with van der Waals surface area (Å²) in [5.41, 5.74) is -0.228. The number of urea groups is 2. The molecule has 3 aromatic heterocycles. The van der Waals surface area contributed by atoms with Crippen molar-refractivity contribution < 1.29 is 64.5 Å². The highest BCUT2D eigenvalue weighted by Gasteiger charge is 2.34. The van der Waals surface area contributed by atoms with Gasteiger partial charge in [-0.05, 0) is 136 Å². The smallest absolute Gasteiger partial charge is 0.377 e. The van der Waals surface area contributed by atoms with Crippen molar-refractivity contribution in [2.45, 2.75) is 39.0 Å². The lowest BCUT2D eigenvalue weighted by Gasteiger charge is -2.31. The van der Waals surface area contributed by atoms with E-state index in [4.69, 9.17) is 18.9 Å². The van der Waals surface area contributed by atoms with Gasteiger partial charge in [-0.25, -0.2) is 19.3 Å². The number of nitrogens with one attached hydrogen (secondary N) is 6. The fourth-order valence-corrected chi connectivity index (χ4v) is 10.3. The van der Waals surface area contributed by atoms with Gasteiger partial charge in [0.05, 0.1) is 116 Å². The summed E-state index contributed by atoms with van der Waals surface area (Å²) < 4.78 is 109. The van der Waals surface area contributed by atoms with Crippen LogP contribution < -0.4 is 48.0 Å². The number of benzene rings is 4. The number of hydrazine groups is 1. The van der Waals surface area contributed by atoms with Crippen molar-refractivity contribution in [3.63, 3.8) is 0 Å². The number of pyridine rings is 2. The van der Waals surface area contributed by atoms with Crippen LogP contribution in [-0.4, -0.2) is 154 Å². The van der Waals surface area contributed by atoms with Crippen LogP contribution >= 0.6 is 0 Å². The van der Waals surface area contributed by atoms with E-state index in [1.54, 1.807) is 68.4 Å². The Morgan fingerprint density at radius 1 is 0.515 bits per heavy atom. The van der Waals surface area contributed by atoms with Gasteiger partial charge in [0.25, 0.3) is 22.9 Å². The average molecular weight is 1350 g/mol. The molecule has 510 valence electrons. The summed E-state index contributed by atoms with van der Waals surface area (Å²) in [7, 11) is 1.81. The van der Waals surface area contributed by atoms with Crippen LogP contribution in [0.1, 0.15) is 72.8 Å². The molecule has 1 aliphatic heterocycles. The molecule has 0 radical (unpaired) electrons. The highest BCUT2D eigenvalue weighted by molar-refractivity contribution is 5.96. The van der Waals surface area contributed by atoms with Gasteiger partial charge in [0.15, 0.2) is 0 Å². The number of carbonyl (C=O) groups excluding carboxylic acids is 4. The summed E-state index contributed by atoms with van der Waals surface area (Å²) in [6.07, 6.45) is -4.92. The first-order valence-electron chi connectivity index (χ1n) is 30.7. The number of carbonyl (C=O) groups is 4. The normalized spacial score (nSPS) is 12.4. The lowest BCUT2D eigenvalue weighted by Crippen LogP contribution is -2.39. The maximum Gasteiger partial charge on any atom is 0.416 e. The Morgan fingerprint density at radius 3 is 1.37 bits per heavy atom. The lowest BCUT2D eigenvalue weighted by molar-refractivity contribution is -0.138. The Labute approximate surface area is 552 Å². The monoisotopic (exact) mass is 1340 g/mol. The van der Waals surface area contributed by atoms with Crippen molar-refractivity contribution in [2.75, 3.05) is 111 Å².